The fourth-order valence-electron chi connectivity index (χ4n) is 2.38. The second-order valence-corrected chi connectivity index (χ2v) is 5.59. The van der Waals surface area contributed by atoms with Crippen LogP contribution in [0, 0.1) is 0 Å². The molecule has 3 N–H and O–H groups in total. The fraction of sp³-hybridized carbons (Fsp3) is 0.222. The Labute approximate surface area is 145 Å². The van der Waals surface area contributed by atoms with Crippen LogP contribution in [0.4, 0.5) is 5.95 Å². The third-order valence-corrected chi connectivity index (χ3v) is 3.67. The molecule has 0 saturated carbocycles. The second kappa shape index (κ2) is 8.05. The molecule has 128 valence electrons. The molecule has 3 aromatic rings. The van der Waals surface area contributed by atoms with Gasteiger partial charge in [-0.05, 0) is 18.6 Å². The summed E-state index contributed by atoms with van der Waals surface area (Å²) < 4.78 is 0. The Bertz CT molecular complexity index is 803. The van der Waals surface area contributed by atoms with Crippen LogP contribution in [0.5, 0.6) is 0 Å². The number of carbonyl (C=O) groups is 1. The monoisotopic (exact) mass is 336 g/mol. The number of hydrogen-bond donors (Lipinski definition) is 3. The lowest BCUT2D eigenvalue weighted by molar-refractivity contribution is -0.121. The predicted octanol–water partition coefficient (Wildman–Crippen LogP) is 2.55. The average Bonchev–Trinajstić information content (AvgIpc) is 3.14. The Morgan fingerprint density at radius 3 is 2.64 bits per heavy atom. The van der Waals surface area contributed by atoms with Crippen LogP contribution in [0.15, 0.2) is 55.0 Å². The summed E-state index contributed by atoms with van der Waals surface area (Å²) in [5.41, 5.74) is 1.99. The lowest BCUT2D eigenvalue weighted by Crippen LogP contribution is -2.28. The summed E-state index contributed by atoms with van der Waals surface area (Å²) >= 11 is 0. The number of nitrogens with one attached hydrogen (secondary N) is 3. The molecule has 7 nitrogen and oxygen atoms in total. The van der Waals surface area contributed by atoms with Crippen molar-refractivity contribution < 1.29 is 4.79 Å². The topological polar surface area (TPSA) is 95.6 Å². The Hall–Kier alpha value is -3.22. The van der Waals surface area contributed by atoms with E-state index in [0.717, 1.165) is 17.1 Å². The number of aromatic nitrogens is 4. The number of imidazole rings is 1. The molecule has 0 radical (unpaired) electrons. The first kappa shape index (κ1) is 16.6. The molecule has 0 fully saturated rings. The normalized spacial score (nSPS) is 11.7. The molecule has 0 spiro atoms. The van der Waals surface area contributed by atoms with E-state index in [1.54, 1.807) is 24.7 Å². The molecular formula is C18H20N6O. The van der Waals surface area contributed by atoms with Crippen LogP contribution in [0.1, 0.15) is 25.2 Å². The van der Waals surface area contributed by atoms with Gasteiger partial charge >= 0.3 is 0 Å². The first-order valence-electron chi connectivity index (χ1n) is 8.13. The Kier molecular flexibility index (Phi) is 5.36. The zero-order valence-electron chi connectivity index (χ0n) is 13.9. The Morgan fingerprint density at radius 2 is 1.88 bits per heavy atom. The molecule has 1 atom stereocenters. The van der Waals surface area contributed by atoms with E-state index in [1.807, 2.05) is 37.3 Å². The fourth-order valence-corrected chi connectivity index (χ4v) is 2.38. The molecule has 1 amide bonds. The van der Waals surface area contributed by atoms with Gasteiger partial charge in [0.25, 0.3) is 0 Å². The highest BCUT2D eigenvalue weighted by Gasteiger charge is 2.13. The van der Waals surface area contributed by atoms with Gasteiger partial charge in [-0.2, -0.15) is 0 Å². The van der Waals surface area contributed by atoms with E-state index in [9.17, 15) is 4.79 Å². The molecule has 1 unspecified atom stereocenters. The number of rotatable bonds is 7. The van der Waals surface area contributed by atoms with Crippen molar-refractivity contribution in [1.82, 2.24) is 25.3 Å². The van der Waals surface area contributed by atoms with Crippen molar-refractivity contribution in [2.75, 3.05) is 11.9 Å². The zero-order valence-corrected chi connectivity index (χ0v) is 13.9. The van der Waals surface area contributed by atoms with Gasteiger partial charge < -0.3 is 15.6 Å². The SMILES string of the molecule is CC(NC(=O)CCNc1ncccn1)c1ncc(-c2ccccc2)[nH]1. The molecule has 25 heavy (non-hydrogen) atoms. The van der Waals surface area contributed by atoms with Crippen LogP contribution in [-0.2, 0) is 4.79 Å². The van der Waals surface area contributed by atoms with Gasteiger partial charge in [-0.25, -0.2) is 15.0 Å². The van der Waals surface area contributed by atoms with E-state index in [1.165, 1.54) is 0 Å². The molecule has 3 rings (SSSR count). The van der Waals surface area contributed by atoms with Crippen molar-refractivity contribution in [3.63, 3.8) is 0 Å². The van der Waals surface area contributed by atoms with Gasteiger partial charge in [0, 0.05) is 25.4 Å². The summed E-state index contributed by atoms with van der Waals surface area (Å²) in [7, 11) is 0. The maximum atomic E-state index is 12.1. The number of benzene rings is 1. The van der Waals surface area contributed by atoms with E-state index in [4.69, 9.17) is 0 Å². The van der Waals surface area contributed by atoms with Gasteiger partial charge in [0.1, 0.15) is 5.82 Å². The van der Waals surface area contributed by atoms with E-state index >= 15 is 0 Å². The number of H-pyrrole nitrogens is 1. The molecule has 0 aliphatic rings. The summed E-state index contributed by atoms with van der Waals surface area (Å²) in [5, 5.41) is 5.94. The lowest BCUT2D eigenvalue weighted by atomic mass is 10.2. The molecule has 0 bridgehead atoms. The minimum Gasteiger partial charge on any atom is -0.354 e. The molecule has 2 heterocycles. The van der Waals surface area contributed by atoms with Crippen LogP contribution in [0.25, 0.3) is 11.3 Å². The van der Waals surface area contributed by atoms with Crippen molar-refractivity contribution in [1.29, 1.82) is 0 Å². The maximum absolute atomic E-state index is 12.1. The summed E-state index contributed by atoms with van der Waals surface area (Å²) in [6.07, 6.45) is 5.41. The minimum absolute atomic E-state index is 0.0615. The van der Waals surface area contributed by atoms with Gasteiger partial charge in [-0.1, -0.05) is 30.3 Å². The molecule has 0 aliphatic carbocycles. The van der Waals surface area contributed by atoms with E-state index in [-0.39, 0.29) is 11.9 Å². The van der Waals surface area contributed by atoms with E-state index < -0.39 is 0 Å². The number of carbonyl (C=O) groups excluding carboxylic acids is 1. The molecule has 1 aromatic carbocycles. The third kappa shape index (κ3) is 4.63. The second-order valence-electron chi connectivity index (χ2n) is 5.59. The van der Waals surface area contributed by atoms with Crippen molar-refractivity contribution in [2.24, 2.45) is 0 Å². The van der Waals surface area contributed by atoms with Gasteiger partial charge in [-0.3, -0.25) is 4.79 Å². The van der Waals surface area contributed by atoms with Gasteiger partial charge in [0.2, 0.25) is 11.9 Å². The van der Waals surface area contributed by atoms with Crippen molar-refractivity contribution >= 4 is 11.9 Å². The van der Waals surface area contributed by atoms with Crippen molar-refractivity contribution in [2.45, 2.75) is 19.4 Å². The van der Waals surface area contributed by atoms with Crippen molar-refractivity contribution in [3.05, 3.63) is 60.8 Å². The van der Waals surface area contributed by atoms with Crippen LogP contribution < -0.4 is 10.6 Å². The van der Waals surface area contributed by atoms with Crippen LogP contribution >= 0.6 is 0 Å². The van der Waals surface area contributed by atoms with Crippen LogP contribution in [-0.4, -0.2) is 32.4 Å². The van der Waals surface area contributed by atoms with Crippen LogP contribution in [0.2, 0.25) is 0 Å². The number of anilines is 1. The summed E-state index contributed by atoms with van der Waals surface area (Å²) in [6, 6.07) is 11.5. The molecule has 0 saturated heterocycles. The zero-order chi connectivity index (χ0) is 17.5. The predicted molar refractivity (Wildman–Crippen MR) is 95.7 cm³/mol. The molecule has 2 aromatic heterocycles. The maximum Gasteiger partial charge on any atom is 0.222 e. The van der Waals surface area contributed by atoms with Crippen molar-refractivity contribution in [3.8, 4) is 11.3 Å². The highest BCUT2D eigenvalue weighted by molar-refractivity contribution is 5.76. The number of nitrogens with zero attached hydrogens (tertiary/aromatic N) is 3. The average molecular weight is 336 g/mol. The van der Waals surface area contributed by atoms with Gasteiger partial charge in [-0.15, -0.1) is 0 Å². The number of aromatic amines is 1. The number of hydrogen-bond acceptors (Lipinski definition) is 5. The lowest BCUT2D eigenvalue weighted by Gasteiger charge is -2.12. The van der Waals surface area contributed by atoms with Gasteiger partial charge in [0.15, 0.2) is 0 Å². The minimum atomic E-state index is -0.196. The van der Waals surface area contributed by atoms with Crippen LogP contribution in [0.3, 0.4) is 0 Å². The third-order valence-electron chi connectivity index (χ3n) is 3.67. The summed E-state index contributed by atoms with van der Waals surface area (Å²) in [4.78, 5) is 27.8. The molecule has 0 aliphatic heterocycles. The molecule has 7 heteroatoms. The quantitative estimate of drug-likeness (QED) is 0.616. The number of amides is 1. The van der Waals surface area contributed by atoms with Gasteiger partial charge in [0.05, 0.1) is 17.9 Å². The first-order valence-corrected chi connectivity index (χ1v) is 8.13. The Morgan fingerprint density at radius 1 is 1.12 bits per heavy atom. The first-order chi connectivity index (χ1) is 12.2. The smallest absolute Gasteiger partial charge is 0.222 e. The Balaban J connectivity index is 1.49. The molecular weight excluding hydrogens is 316 g/mol. The summed E-state index contributed by atoms with van der Waals surface area (Å²) in [6.45, 7) is 2.37. The van der Waals surface area contributed by atoms with E-state index in [2.05, 4.69) is 30.6 Å². The standard InChI is InChI=1S/C18H20N6O/c1-13(17-22-12-15(24-17)14-6-3-2-4-7-14)23-16(25)8-11-21-18-19-9-5-10-20-18/h2-7,9-10,12-13H,8,11H2,1H3,(H,22,24)(H,23,25)(H,19,20,21). The summed E-state index contributed by atoms with van der Waals surface area (Å²) in [5.74, 6) is 1.18. The highest BCUT2D eigenvalue weighted by atomic mass is 16.1. The van der Waals surface area contributed by atoms with E-state index in [0.29, 0.717) is 18.9 Å². The highest BCUT2D eigenvalue weighted by Crippen LogP contribution is 2.18. The largest absolute Gasteiger partial charge is 0.354 e.